The van der Waals surface area contributed by atoms with Crippen molar-refractivity contribution in [3.63, 3.8) is 0 Å². The molecule has 0 spiro atoms. The normalized spacial score (nSPS) is 11.6. The lowest BCUT2D eigenvalue weighted by atomic mass is 10.5. The number of rotatable bonds is 5. The molecule has 9 heteroatoms. The molecule has 0 bridgehead atoms. The van der Waals surface area contributed by atoms with Crippen LogP contribution in [0.3, 0.4) is 0 Å². The van der Waals surface area contributed by atoms with E-state index in [1.165, 1.54) is 19.2 Å². The number of carbonyl (C=O) groups is 2. The number of carboxylic acids is 1. The van der Waals surface area contributed by atoms with Gasteiger partial charge in [-0.1, -0.05) is 0 Å². The smallest absolute Gasteiger partial charge is 0.345 e. The predicted molar refractivity (Wildman–Crippen MR) is 60.3 cm³/mol. The molecule has 0 atom stereocenters. The maximum atomic E-state index is 11.8. The molecule has 1 aromatic rings. The maximum Gasteiger partial charge on any atom is 0.345 e. The SMILES string of the molecule is CN(CC(N)=O)S(=O)(=O)c1ccc(C(=O)O)s1. The van der Waals surface area contributed by atoms with Crippen molar-refractivity contribution in [3.8, 4) is 0 Å². The fourth-order valence-corrected chi connectivity index (χ4v) is 3.52. The van der Waals surface area contributed by atoms with Crippen LogP contribution in [0, 0.1) is 0 Å². The first-order valence-corrected chi connectivity index (χ1v) is 6.58. The number of hydrogen-bond acceptors (Lipinski definition) is 5. The standard InChI is InChI=1S/C8H10N2O5S2/c1-10(4-6(9)11)17(14,15)7-3-2-5(16-7)8(12)13/h2-3H,4H2,1H3,(H2,9,11)(H,12,13). The zero-order valence-electron chi connectivity index (χ0n) is 8.78. The first-order valence-electron chi connectivity index (χ1n) is 4.33. The van der Waals surface area contributed by atoms with E-state index in [1.807, 2.05) is 0 Å². The molecule has 0 fully saturated rings. The number of carbonyl (C=O) groups excluding carboxylic acids is 1. The number of hydrogen-bond donors (Lipinski definition) is 2. The molecule has 0 aromatic carbocycles. The lowest BCUT2D eigenvalue weighted by Crippen LogP contribution is -2.34. The summed E-state index contributed by atoms with van der Waals surface area (Å²) in [4.78, 5) is 21.2. The number of aromatic carboxylic acids is 1. The zero-order chi connectivity index (χ0) is 13.2. The van der Waals surface area contributed by atoms with E-state index in [9.17, 15) is 18.0 Å². The van der Waals surface area contributed by atoms with Crippen LogP contribution in [0.1, 0.15) is 9.67 Å². The number of nitrogens with zero attached hydrogens (tertiary/aromatic N) is 1. The van der Waals surface area contributed by atoms with Crippen LogP contribution in [-0.4, -0.2) is 43.3 Å². The van der Waals surface area contributed by atoms with Gasteiger partial charge in [0.05, 0.1) is 6.54 Å². The first-order chi connectivity index (χ1) is 7.75. The topological polar surface area (TPSA) is 118 Å². The number of likely N-dealkylation sites (N-methyl/N-ethyl adjacent to an activating group) is 1. The van der Waals surface area contributed by atoms with Gasteiger partial charge in [-0.15, -0.1) is 11.3 Å². The number of amides is 1. The summed E-state index contributed by atoms with van der Waals surface area (Å²) >= 11 is 0.622. The molecule has 94 valence electrons. The van der Waals surface area contributed by atoms with Gasteiger partial charge >= 0.3 is 5.97 Å². The molecule has 0 saturated carbocycles. The Bertz CT molecular complexity index is 548. The van der Waals surface area contributed by atoms with E-state index in [-0.39, 0.29) is 9.09 Å². The summed E-state index contributed by atoms with van der Waals surface area (Å²) in [7, 11) is -2.66. The third kappa shape index (κ3) is 3.02. The van der Waals surface area contributed by atoms with Crippen molar-refractivity contribution in [2.24, 2.45) is 5.73 Å². The van der Waals surface area contributed by atoms with Gasteiger partial charge in [-0.3, -0.25) is 4.79 Å². The van der Waals surface area contributed by atoms with E-state index in [0.717, 1.165) is 4.31 Å². The number of nitrogens with two attached hydrogens (primary N) is 1. The monoisotopic (exact) mass is 278 g/mol. The van der Waals surface area contributed by atoms with Crippen molar-refractivity contribution < 1.29 is 23.1 Å². The molecule has 0 aliphatic carbocycles. The highest BCUT2D eigenvalue weighted by atomic mass is 32.2. The third-order valence-corrected chi connectivity index (χ3v) is 5.18. The van der Waals surface area contributed by atoms with Crippen molar-refractivity contribution >= 4 is 33.2 Å². The van der Waals surface area contributed by atoms with Crippen LogP contribution >= 0.6 is 11.3 Å². The van der Waals surface area contributed by atoms with E-state index in [1.54, 1.807) is 0 Å². The third-order valence-electron chi connectivity index (χ3n) is 1.84. The Morgan fingerprint density at radius 1 is 1.47 bits per heavy atom. The number of sulfonamides is 1. The summed E-state index contributed by atoms with van der Waals surface area (Å²) in [5, 5.41) is 8.68. The second-order valence-corrected chi connectivity index (χ2v) is 6.51. The zero-order valence-corrected chi connectivity index (χ0v) is 10.4. The highest BCUT2D eigenvalue weighted by molar-refractivity contribution is 7.91. The molecule has 1 heterocycles. The number of thiophene rings is 1. The van der Waals surface area contributed by atoms with E-state index >= 15 is 0 Å². The first kappa shape index (κ1) is 13.6. The molecule has 1 aromatic heterocycles. The van der Waals surface area contributed by atoms with Crippen molar-refractivity contribution in [1.82, 2.24) is 4.31 Å². The second-order valence-electron chi connectivity index (χ2n) is 3.15. The second kappa shape index (κ2) is 4.82. The minimum absolute atomic E-state index is 0.0870. The highest BCUT2D eigenvalue weighted by Crippen LogP contribution is 2.24. The number of carboxylic acid groups (broad SMARTS) is 1. The molecule has 1 amide bonds. The van der Waals surface area contributed by atoms with Crippen LogP contribution in [0.4, 0.5) is 0 Å². The van der Waals surface area contributed by atoms with Gasteiger partial charge in [0.1, 0.15) is 9.09 Å². The Morgan fingerprint density at radius 3 is 2.47 bits per heavy atom. The Labute approximate surface area is 102 Å². The van der Waals surface area contributed by atoms with E-state index < -0.39 is 28.4 Å². The lowest BCUT2D eigenvalue weighted by molar-refractivity contribution is -0.118. The molecule has 0 saturated heterocycles. The summed E-state index contributed by atoms with van der Waals surface area (Å²) in [5.41, 5.74) is 4.89. The summed E-state index contributed by atoms with van der Waals surface area (Å²) in [6.07, 6.45) is 0. The summed E-state index contributed by atoms with van der Waals surface area (Å²) < 4.78 is 24.3. The Balaban J connectivity index is 3.04. The van der Waals surface area contributed by atoms with Gasteiger partial charge in [-0.25, -0.2) is 13.2 Å². The van der Waals surface area contributed by atoms with Crippen molar-refractivity contribution in [2.45, 2.75) is 4.21 Å². The van der Waals surface area contributed by atoms with Crippen molar-refractivity contribution in [3.05, 3.63) is 17.0 Å². The Morgan fingerprint density at radius 2 is 2.06 bits per heavy atom. The minimum atomic E-state index is -3.86. The quantitative estimate of drug-likeness (QED) is 0.756. The van der Waals surface area contributed by atoms with Gasteiger partial charge in [0.15, 0.2) is 0 Å². The minimum Gasteiger partial charge on any atom is -0.477 e. The summed E-state index contributed by atoms with van der Waals surface area (Å²) in [5.74, 6) is -1.99. The van der Waals surface area contributed by atoms with Gasteiger partial charge in [0, 0.05) is 7.05 Å². The van der Waals surface area contributed by atoms with Crippen LogP contribution < -0.4 is 5.73 Å². The highest BCUT2D eigenvalue weighted by Gasteiger charge is 2.24. The largest absolute Gasteiger partial charge is 0.477 e. The van der Waals surface area contributed by atoms with Gasteiger partial charge in [0.25, 0.3) is 10.0 Å². The molecular weight excluding hydrogens is 268 g/mol. The molecule has 0 unspecified atom stereocenters. The van der Waals surface area contributed by atoms with Gasteiger partial charge in [0.2, 0.25) is 5.91 Å². The van der Waals surface area contributed by atoms with E-state index in [0.29, 0.717) is 11.3 Å². The van der Waals surface area contributed by atoms with Crippen molar-refractivity contribution in [2.75, 3.05) is 13.6 Å². The van der Waals surface area contributed by atoms with E-state index in [2.05, 4.69) is 0 Å². The van der Waals surface area contributed by atoms with Gasteiger partial charge in [-0.2, -0.15) is 4.31 Å². The maximum absolute atomic E-state index is 11.8. The fraction of sp³-hybridized carbons (Fsp3) is 0.250. The average molecular weight is 278 g/mol. The Kier molecular flexibility index (Phi) is 3.86. The van der Waals surface area contributed by atoms with Crippen LogP contribution in [0.5, 0.6) is 0 Å². The van der Waals surface area contributed by atoms with E-state index in [4.69, 9.17) is 10.8 Å². The van der Waals surface area contributed by atoms with Crippen molar-refractivity contribution in [1.29, 1.82) is 0 Å². The molecule has 7 nitrogen and oxygen atoms in total. The average Bonchev–Trinajstić information content (AvgIpc) is 2.65. The fourth-order valence-electron chi connectivity index (χ4n) is 1.03. The molecule has 0 radical (unpaired) electrons. The van der Waals surface area contributed by atoms with Gasteiger partial charge in [-0.05, 0) is 12.1 Å². The molecule has 0 aliphatic rings. The molecule has 0 aliphatic heterocycles. The number of primary amides is 1. The predicted octanol–water partition coefficient (Wildman–Crippen LogP) is -0.448. The molecule has 1 rings (SSSR count). The van der Waals surface area contributed by atoms with Crippen LogP contribution in [0.25, 0.3) is 0 Å². The van der Waals surface area contributed by atoms with Gasteiger partial charge < -0.3 is 10.8 Å². The Hall–Kier alpha value is -1.45. The lowest BCUT2D eigenvalue weighted by Gasteiger charge is -2.13. The van der Waals surface area contributed by atoms with Crippen LogP contribution in [0.15, 0.2) is 16.3 Å². The molecule has 3 N–H and O–H groups in total. The summed E-state index contributed by atoms with van der Waals surface area (Å²) in [6.45, 7) is -0.456. The van der Waals surface area contributed by atoms with Crippen LogP contribution in [-0.2, 0) is 14.8 Å². The summed E-state index contributed by atoms with van der Waals surface area (Å²) in [6, 6.07) is 2.37. The molecule has 17 heavy (non-hydrogen) atoms. The molecular formula is C8H10N2O5S2. The van der Waals surface area contributed by atoms with Crippen LogP contribution in [0.2, 0.25) is 0 Å².